The molecule has 0 fully saturated rings. The Morgan fingerprint density at radius 1 is 0.881 bits per heavy atom. The summed E-state index contributed by atoms with van der Waals surface area (Å²) in [4.78, 5) is 43.1. The fraction of sp³-hybridized carbons (Fsp3) is 0.576. The molecule has 3 amide bonds. The topological polar surface area (TPSA) is 141 Å². The average Bonchev–Trinajstić information content (AvgIpc) is 2.98. The molecular weight excluding hydrogens is 532 g/mol. The Morgan fingerprint density at radius 3 is 2.17 bits per heavy atom. The van der Waals surface area contributed by atoms with E-state index < -0.39 is 42.0 Å². The van der Waals surface area contributed by atoms with Crippen molar-refractivity contribution in [1.29, 1.82) is 0 Å². The lowest BCUT2D eigenvalue weighted by Crippen LogP contribution is -2.55. The molecule has 9 heteroatoms. The molecule has 1 aromatic heterocycles. The first kappa shape index (κ1) is 34.9. The summed E-state index contributed by atoms with van der Waals surface area (Å²) in [6, 6.07) is 11.1. The van der Waals surface area contributed by atoms with E-state index in [2.05, 4.69) is 34.8 Å². The highest BCUT2D eigenvalue weighted by atomic mass is 16.3. The zero-order valence-corrected chi connectivity index (χ0v) is 25.6. The standard InChI is InChI=1S/C33H50N4O5/c1-5-11-24(12-6-2)16-17-27(36-32(41)26-15-10-18-34-22-26)33(42)37-28(19-23(3)4)31(40)29(38)20-30(39)35-21-25-13-8-7-9-14-25/h7-10,13-15,18,22-24,27-29,31,38,40H,5-6,11-12,16-17,19-21H2,1-4H3,(H,35,39)(H,36,41)(H,37,42)/t27?,28-,29+,31+/m0/s1. The molecule has 0 aliphatic carbocycles. The molecule has 0 spiro atoms. The normalized spacial score (nSPS) is 14.2. The molecule has 1 aromatic carbocycles. The van der Waals surface area contributed by atoms with Crippen LogP contribution < -0.4 is 16.0 Å². The highest BCUT2D eigenvalue weighted by Crippen LogP contribution is 2.21. The number of hydrogen-bond donors (Lipinski definition) is 5. The molecule has 0 aliphatic rings. The van der Waals surface area contributed by atoms with Gasteiger partial charge in [0.1, 0.15) is 12.1 Å². The maximum Gasteiger partial charge on any atom is 0.253 e. The number of rotatable bonds is 19. The van der Waals surface area contributed by atoms with Crippen molar-refractivity contribution in [2.45, 2.75) is 110 Å². The fourth-order valence-electron chi connectivity index (χ4n) is 5.18. The third-order valence-corrected chi connectivity index (χ3v) is 7.39. The van der Waals surface area contributed by atoms with Gasteiger partial charge in [0.25, 0.3) is 5.91 Å². The highest BCUT2D eigenvalue weighted by Gasteiger charge is 2.32. The van der Waals surface area contributed by atoms with Gasteiger partial charge in [0.2, 0.25) is 11.8 Å². The lowest BCUT2D eigenvalue weighted by Gasteiger charge is -2.31. The number of pyridine rings is 1. The second-order valence-electron chi connectivity index (χ2n) is 11.6. The number of hydrogen-bond acceptors (Lipinski definition) is 6. The molecule has 232 valence electrons. The summed E-state index contributed by atoms with van der Waals surface area (Å²) < 4.78 is 0. The molecule has 2 aromatic rings. The first-order chi connectivity index (χ1) is 20.1. The number of nitrogens with one attached hydrogen (secondary N) is 3. The van der Waals surface area contributed by atoms with Crippen LogP contribution in [0.2, 0.25) is 0 Å². The lowest BCUT2D eigenvalue weighted by atomic mass is 9.90. The van der Waals surface area contributed by atoms with Crippen LogP contribution in [0.1, 0.15) is 95.0 Å². The molecular formula is C33H50N4O5. The van der Waals surface area contributed by atoms with Gasteiger partial charge in [0.05, 0.1) is 24.1 Å². The summed E-state index contributed by atoms with van der Waals surface area (Å²) in [6.07, 6.45) is 5.74. The zero-order chi connectivity index (χ0) is 30.9. The third kappa shape index (κ3) is 12.7. The van der Waals surface area contributed by atoms with E-state index in [1.807, 2.05) is 44.2 Å². The first-order valence-electron chi connectivity index (χ1n) is 15.3. The van der Waals surface area contributed by atoms with Crippen molar-refractivity contribution in [3.05, 3.63) is 66.0 Å². The zero-order valence-electron chi connectivity index (χ0n) is 25.6. The fourth-order valence-corrected chi connectivity index (χ4v) is 5.18. The van der Waals surface area contributed by atoms with Crippen molar-refractivity contribution in [2.24, 2.45) is 11.8 Å². The second kappa shape index (κ2) is 19.0. The Hall–Kier alpha value is -3.30. The van der Waals surface area contributed by atoms with E-state index in [1.165, 1.54) is 6.20 Å². The van der Waals surface area contributed by atoms with E-state index in [0.29, 0.717) is 30.9 Å². The smallest absolute Gasteiger partial charge is 0.253 e. The van der Waals surface area contributed by atoms with Crippen LogP contribution in [0.15, 0.2) is 54.9 Å². The Bertz CT molecular complexity index is 1060. The van der Waals surface area contributed by atoms with Gasteiger partial charge in [-0.05, 0) is 48.8 Å². The molecule has 0 bridgehead atoms. The number of amides is 3. The minimum atomic E-state index is -1.38. The van der Waals surface area contributed by atoms with Gasteiger partial charge >= 0.3 is 0 Å². The van der Waals surface area contributed by atoms with Crippen LogP contribution in [0.5, 0.6) is 0 Å². The predicted octanol–water partition coefficient (Wildman–Crippen LogP) is 4.14. The molecule has 9 nitrogen and oxygen atoms in total. The van der Waals surface area contributed by atoms with Crippen LogP contribution in [0, 0.1) is 11.8 Å². The molecule has 0 saturated heterocycles. The van der Waals surface area contributed by atoms with Crippen LogP contribution in [0.25, 0.3) is 0 Å². The number of carbonyl (C=O) groups excluding carboxylic acids is 3. The van der Waals surface area contributed by atoms with Gasteiger partial charge in [-0.1, -0.05) is 83.7 Å². The number of benzene rings is 1. The average molecular weight is 583 g/mol. The van der Waals surface area contributed by atoms with Gasteiger partial charge in [-0.25, -0.2) is 0 Å². The monoisotopic (exact) mass is 582 g/mol. The second-order valence-corrected chi connectivity index (χ2v) is 11.6. The molecule has 0 radical (unpaired) electrons. The SMILES string of the molecule is CCCC(CCC)CCC(NC(=O)c1cccnc1)C(=O)N[C@@H](CC(C)C)[C@@H](O)[C@H](O)CC(=O)NCc1ccccc1. The summed E-state index contributed by atoms with van der Waals surface area (Å²) in [6.45, 7) is 8.49. The highest BCUT2D eigenvalue weighted by molar-refractivity contribution is 5.97. The molecule has 2 rings (SSSR count). The Labute approximate surface area is 250 Å². The van der Waals surface area contributed by atoms with Crippen LogP contribution >= 0.6 is 0 Å². The van der Waals surface area contributed by atoms with Crippen molar-refractivity contribution < 1.29 is 24.6 Å². The molecule has 4 atom stereocenters. The molecule has 5 N–H and O–H groups in total. The van der Waals surface area contributed by atoms with E-state index in [-0.39, 0.29) is 12.3 Å². The Kier molecular flexibility index (Phi) is 15.8. The van der Waals surface area contributed by atoms with Crippen LogP contribution in [0.4, 0.5) is 0 Å². The lowest BCUT2D eigenvalue weighted by molar-refractivity contribution is -0.127. The number of aromatic nitrogens is 1. The van der Waals surface area contributed by atoms with Crippen molar-refractivity contribution in [3.63, 3.8) is 0 Å². The Balaban J connectivity index is 2.11. The summed E-state index contributed by atoms with van der Waals surface area (Å²) in [5, 5.41) is 30.4. The minimum absolute atomic E-state index is 0.0889. The number of nitrogens with zero attached hydrogens (tertiary/aromatic N) is 1. The third-order valence-electron chi connectivity index (χ3n) is 7.39. The molecule has 0 aliphatic heterocycles. The van der Waals surface area contributed by atoms with Crippen LogP contribution in [-0.2, 0) is 16.1 Å². The predicted molar refractivity (Wildman–Crippen MR) is 164 cm³/mol. The van der Waals surface area contributed by atoms with Gasteiger partial charge in [0, 0.05) is 18.9 Å². The van der Waals surface area contributed by atoms with Gasteiger partial charge in [-0.15, -0.1) is 0 Å². The van der Waals surface area contributed by atoms with Crippen molar-refractivity contribution in [2.75, 3.05) is 0 Å². The minimum Gasteiger partial charge on any atom is -0.390 e. The summed E-state index contributed by atoms with van der Waals surface area (Å²) >= 11 is 0. The summed E-state index contributed by atoms with van der Waals surface area (Å²) in [5.41, 5.74) is 1.27. The van der Waals surface area contributed by atoms with Crippen molar-refractivity contribution in [3.8, 4) is 0 Å². The molecule has 1 unspecified atom stereocenters. The largest absolute Gasteiger partial charge is 0.390 e. The van der Waals surface area contributed by atoms with Gasteiger partial charge in [-0.2, -0.15) is 0 Å². The number of aliphatic hydroxyl groups excluding tert-OH is 2. The summed E-state index contributed by atoms with van der Waals surface area (Å²) in [7, 11) is 0. The quantitative estimate of drug-likeness (QED) is 0.169. The van der Waals surface area contributed by atoms with Crippen molar-refractivity contribution >= 4 is 17.7 Å². The van der Waals surface area contributed by atoms with Gasteiger partial charge < -0.3 is 26.2 Å². The Morgan fingerprint density at radius 2 is 1.57 bits per heavy atom. The van der Waals surface area contributed by atoms with Crippen LogP contribution in [0.3, 0.4) is 0 Å². The van der Waals surface area contributed by atoms with E-state index in [4.69, 9.17) is 0 Å². The summed E-state index contributed by atoms with van der Waals surface area (Å²) in [5.74, 6) is -0.698. The molecule has 1 heterocycles. The maximum atomic E-state index is 13.6. The van der Waals surface area contributed by atoms with E-state index in [9.17, 15) is 24.6 Å². The first-order valence-corrected chi connectivity index (χ1v) is 15.3. The molecule has 42 heavy (non-hydrogen) atoms. The number of aliphatic hydroxyl groups is 2. The van der Waals surface area contributed by atoms with Crippen LogP contribution in [-0.4, -0.2) is 57.2 Å². The molecule has 0 saturated carbocycles. The van der Waals surface area contributed by atoms with E-state index in [1.54, 1.807) is 18.3 Å². The van der Waals surface area contributed by atoms with E-state index in [0.717, 1.165) is 37.7 Å². The number of carbonyl (C=O) groups is 3. The van der Waals surface area contributed by atoms with E-state index >= 15 is 0 Å². The van der Waals surface area contributed by atoms with Gasteiger partial charge in [-0.3, -0.25) is 19.4 Å². The maximum absolute atomic E-state index is 13.6. The van der Waals surface area contributed by atoms with Crippen molar-refractivity contribution in [1.82, 2.24) is 20.9 Å². The van der Waals surface area contributed by atoms with Gasteiger partial charge in [0.15, 0.2) is 0 Å².